The molecule has 0 aliphatic rings. The lowest BCUT2D eigenvalue weighted by Gasteiger charge is -1.99. The predicted molar refractivity (Wildman–Crippen MR) is 116 cm³/mol. The molecule has 1 N–H and O–H groups in total. The summed E-state index contributed by atoms with van der Waals surface area (Å²) in [6.07, 6.45) is 0. The zero-order valence-electron chi connectivity index (χ0n) is 14.0. The quantitative estimate of drug-likeness (QED) is 0.383. The minimum Gasteiger partial charge on any atom is -0.301 e. The molecule has 5 aromatic rings. The van der Waals surface area contributed by atoms with Gasteiger partial charge in [0.1, 0.15) is 0 Å². The fraction of sp³-hybridized carbons (Fsp3) is 0.0500. The number of carbonyl (C=O) groups excluding carboxylic acids is 1. The first-order valence-electron chi connectivity index (χ1n) is 8.33. The third kappa shape index (κ3) is 3.29. The Hall–Kier alpha value is -2.48. The van der Waals surface area contributed by atoms with E-state index in [1.165, 1.54) is 23.1 Å². The first-order chi connectivity index (χ1) is 13.3. The molecule has 0 radical (unpaired) electrons. The molecule has 0 saturated heterocycles. The molecule has 0 spiro atoms. The third-order valence-electron chi connectivity index (χ3n) is 4.13. The normalized spacial score (nSPS) is 11.4. The number of hydrogen-bond acceptors (Lipinski definition) is 6. The van der Waals surface area contributed by atoms with Crippen LogP contribution in [-0.4, -0.2) is 21.6 Å². The van der Waals surface area contributed by atoms with Crippen LogP contribution in [0, 0.1) is 0 Å². The van der Waals surface area contributed by atoms with E-state index in [-0.39, 0.29) is 5.91 Å². The second-order valence-electron chi connectivity index (χ2n) is 5.94. The molecule has 4 nitrogen and oxygen atoms in total. The summed E-state index contributed by atoms with van der Waals surface area (Å²) in [6.45, 7) is 0. The predicted octanol–water partition coefficient (Wildman–Crippen LogP) is 5.79. The van der Waals surface area contributed by atoms with Crippen LogP contribution in [0.4, 0.5) is 5.13 Å². The first-order valence-corrected chi connectivity index (χ1v) is 10.9. The SMILES string of the molecule is O=C(CSc1nc2ccccc2s1)Nc1nc2c(ccc3ccccc32)s1. The highest BCUT2D eigenvalue weighted by molar-refractivity contribution is 8.01. The summed E-state index contributed by atoms with van der Waals surface area (Å²) in [7, 11) is 0. The van der Waals surface area contributed by atoms with Gasteiger partial charge in [-0.2, -0.15) is 0 Å². The van der Waals surface area contributed by atoms with Gasteiger partial charge in [-0.15, -0.1) is 11.3 Å². The fourth-order valence-corrected chi connectivity index (χ4v) is 5.68. The van der Waals surface area contributed by atoms with Gasteiger partial charge >= 0.3 is 0 Å². The monoisotopic (exact) mass is 407 g/mol. The number of carbonyl (C=O) groups is 1. The zero-order valence-corrected chi connectivity index (χ0v) is 16.5. The van der Waals surface area contributed by atoms with Crippen LogP contribution in [0.1, 0.15) is 0 Å². The highest BCUT2D eigenvalue weighted by Crippen LogP contribution is 2.32. The second-order valence-corrected chi connectivity index (χ2v) is 9.22. The number of aromatic nitrogens is 2. The van der Waals surface area contributed by atoms with Gasteiger partial charge in [-0.25, -0.2) is 9.97 Å². The van der Waals surface area contributed by atoms with Crippen molar-refractivity contribution in [3.8, 4) is 0 Å². The minimum atomic E-state index is -0.0670. The van der Waals surface area contributed by atoms with Gasteiger partial charge in [-0.3, -0.25) is 4.79 Å². The van der Waals surface area contributed by atoms with Gasteiger partial charge in [0, 0.05) is 5.39 Å². The maximum absolute atomic E-state index is 12.4. The lowest BCUT2D eigenvalue weighted by molar-refractivity contribution is -0.113. The van der Waals surface area contributed by atoms with Crippen molar-refractivity contribution in [3.05, 3.63) is 60.7 Å². The number of thiazole rings is 2. The van der Waals surface area contributed by atoms with Crippen LogP contribution in [0.5, 0.6) is 0 Å². The van der Waals surface area contributed by atoms with E-state index >= 15 is 0 Å². The van der Waals surface area contributed by atoms with Crippen LogP contribution in [-0.2, 0) is 4.79 Å². The number of fused-ring (bicyclic) bond motifs is 4. The van der Waals surface area contributed by atoms with Gasteiger partial charge in [-0.1, -0.05) is 65.6 Å². The highest BCUT2D eigenvalue weighted by Gasteiger charge is 2.12. The van der Waals surface area contributed by atoms with Crippen LogP contribution >= 0.6 is 34.4 Å². The largest absolute Gasteiger partial charge is 0.301 e. The number of nitrogens with one attached hydrogen (secondary N) is 1. The van der Waals surface area contributed by atoms with Crippen molar-refractivity contribution in [1.29, 1.82) is 0 Å². The maximum Gasteiger partial charge on any atom is 0.236 e. The van der Waals surface area contributed by atoms with Crippen LogP contribution in [0.2, 0.25) is 0 Å². The van der Waals surface area contributed by atoms with Gasteiger partial charge in [0.05, 0.1) is 26.2 Å². The Morgan fingerprint density at radius 1 is 0.926 bits per heavy atom. The standard InChI is InChI=1S/C20H13N3OS3/c24-17(11-25-20-21-14-7-3-4-8-15(14)27-20)22-19-23-18-13-6-2-1-5-12(13)9-10-16(18)26-19/h1-10H,11H2,(H,22,23,24). The highest BCUT2D eigenvalue weighted by atomic mass is 32.2. The molecular weight excluding hydrogens is 394 g/mol. The lowest BCUT2D eigenvalue weighted by Crippen LogP contribution is -2.13. The molecule has 1 amide bonds. The van der Waals surface area contributed by atoms with Crippen molar-refractivity contribution < 1.29 is 4.79 Å². The number of rotatable bonds is 4. The topological polar surface area (TPSA) is 54.9 Å². The molecule has 0 bridgehead atoms. The van der Waals surface area contributed by atoms with Crippen molar-refractivity contribution in [2.24, 2.45) is 0 Å². The van der Waals surface area contributed by atoms with Crippen molar-refractivity contribution in [2.45, 2.75) is 4.34 Å². The number of para-hydroxylation sites is 1. The van der Waals surface area contributed by atoms with E-state index in [1.54, 1.807) is 11.3 Å². The Labute approximate surface area is 167 Å². The van der Waals surface area contributed by atoms with Crippen molar-refractivity contribution in [3.63, 3.8) is 0 Å². The van der Waals surface area contributed by atoms with Crippen LogP contribution in [0.25, 0.3) is 31.2 Å². The zero-order chi connectivity index (χ0) is 18.2. The Morgan fingerprint density at radius 3 is 2.70 bits per heavy atom. The van der Waals surface area contributed by atoms with E-state index in [1.807, 2.05) is 36.4 Å². The molecule has 7 heteroatoms. The Kier molecular flexibility index (Phi) is 4.27. The second kappa shape index (κ2) is 6.92. The van der Waals surface area contributed by atoms with Crippen molar-refractivity contribution in [1.82, 2.24) is 9.97 Å². The van der Waals surface area contributed by atoms with Crippen LogP contribution in [0.15, 0.2) is 65.0 Å². The molecule has 0 aliphatic heterocycles. The third-order valence-corrected chi connectivity index (χ3v) is 7.25. The Bertz CT molecular complexity index is 1260. The number of thioether (sulfide) groups is 1. The van der Waals surface area contributed by atoms with Crippen molar-refractivity contribution in [2.75, 3.05) is 11.1 Å². The number of benzene rings is 3. The molecule has 3 aromatic carbocycles. The lowest BCUT2D eigenvalue weighted by atomic mass is 10.1. The van der Waals surface area contributed by atoms with Crippen LogP contribution < -0.4 is 5.32 Å². The number of anilines is 1. The van der Waals surface area contributed by atoms with Crippen LogP contribution in [0.3, 0.4) is 0 Å². The Balaban J connectivity index is 1.32. The molecule has 132 valence electrons. The number of hydrogen-bond donors (Lipinski definition) is 1. The minimum absolute atomic E-state index is 0.0670. The fourth-order valence-electron chi connectivity index (χ4n) is 2.91. The average Bonchev–Trinajstić information content (AvgIpc) is 3.29. The van der Waals surface area contributed by atoms with Gasteiger partial charge in [0.2, 0.25) is 5.91 Å². The first kappa shape index (κ1) is 16.7. The van der Waals surface area contributed by atoms with E-state index in [0.717, 1.165) is 35.5 Å². The van der Waals surface area contributed by atoms with E-state index in [0.29, 0.717) is 10.9 Å². The molecule has 2 heterocycles. The number of nitrogens with zero attached hydrogens (tertiary/aromatic N) is 2. The molecule has 0 fully saturated rings. The molecule has 0 atom stereocenters. The Morgan fingerprint density at radius 2 is 1.78 bits per heavy atom. The van der Waals surface area contributed by atoms with Crippen molar-refractivity contribution >= 4 is 76.7 Å². The molecule has 0 unspecified atom stereocenters. The summed E-state index contributed by atoms with van der Waals surface area (Å²) in [5, 5.41) is 5.82. The van der Waals surface area contributed by atoms with Gasteiger partial charge in [0.25, 0.3) is 0 Å². The van der Waals surface area contributed by atoms with Gasteiger partial charge < -0.3 is 5.32 Å². The summed E-state index contributed by atoms with van der Waals surface area (Å²) in [5.41, 5.74) is 1.91. The summed E-state index contributed by atoms with van der Waals surface area (Å²) < 4.78 is 3.11. The van der Waals surface area contributed by atoms with Gasteiger partial charge in [-0.05, 0) is 23.6 Å². The summed E-state index contributed by atoms with van der Waals surface area (Å²) >= 11 is 4.57. The molecule has 27 heavy (non-hydrogen) atoms. The van der Waals surface area contributed by atoms with E-state index in [9.17, 15) is 4.79 Å². The van der Waals surface area contributed by atoms with E-state index < -0.39 is 0 Å². The summed E-state index contributed by atoms with van der Waals surface area (Å²) in [5.74, 6) is 0.249. The van der Waals surface area contributed by atoms with E-state index in [2.05, 4.69) is 39.6 Å². The maximum atomic E-state index is 12.4. The smallest absolute Gasteiger partial charge is 0.236 e. The molecule has 2 aromatic heterocycles. The van der Waals surface area contributed by atoms with Gasteiger partial charge in [0.15, 0.2) is 9.47 Å². The summed E-state index contributed by atoms with van der Waals surface area (Å²) in [4.78, 5) is 21.5. The molecule has 0 aliphatic carbocycles. The molecule has 5 rings (SSSR count). The van der Waals surface area contributed by atoms with E-state index in [4.69, 9.17) is 0 Å². The molecule has 0 saturated carbocycles. The molecular formula is C20H13N3OS3. The average molecular weight is 408 g/mol. The number of amides is 1. The summed E-state index contributed by atoms with van der Waals surface area (Å²) in [6, 6.07) is 20.3.